The van der Waals surface area contributed by atoms with E-state index in [1.54, 1.807) is 11.0 Å². The van der Waals surface area contributed by atoms with Crippen molar-refractivity contribution in [3.8, 4) is 0 Å². The molecule has 0 aromatic heterocycles. The highest BCUT2D eigenvalue weighted by Crippen LogP contribution is 2.47. The van der Waals surface area contributed by atoms with Crippen LogP contribution in [0.5, 0.6) is 0 Å². The molecule has 1 aliphatic heterocycles. The van der Waals surface area contributed by atoms with Crippen molar-refractivity contribution in [2.45, 2.75) is 71.8 Å². The third kappa shape index (κ3) is 4.71. The predicted octanol–water partition coefficient (Wildman–Crippen LogP) is 6.78. The molecular formula is C27H31F3N2O. The lowest BCUT2D eigenvalue weighted by Gasteiger charge is -2.44. The summed E-state index contributed by atoms with van der Waals surface area (Å²) in [6.45, 7) is 9.10. The average molecular weight is 457 g/mol. The fourth-order valence-corrected chi connectivity index (χ4v) is 5.09. The Morgan fingerprint density at radius 3 is 2.24 bits per heavy atom. The quantitative estimate of drug-likeness (QED) is 0.501. The van der Waals surface area contributed by atoms with Gasteiger partial charge in [-0.05, 0) is 61.6 Å². The Kier molecular flexibility index (Phi) is 5.92. The Balaban J connectivity index is 1.71. The number of benzene rings is 2. The zero-order valence-electron chi connectivity index (χ0n) is 19.7. The maximum absolute atomic E-state index is 13.6. The lowest BCUT2D eigenvalue weighted by molar-refractivity contribution is -0.137. The summed E-state index contributed by atoms with van der Waals surface area (Å²) < 4.78 is 39.9. The molecular weight excluding hydrogens is 425 g/mol. The third-order valence-corrected chi connectivity index (χ3v) is 7.21. The van der Waals surface area contributed by atoms with E-state index in [1.807, 2.05) is 31.2 Å². The van der Waals surface area contributed by atoms with Crippen molar-refractivity contribution in [1.29, 1.82) is 0 Å². The Morgan fingerprint density at radius 2 is 1.67 bits per heavy atom. The molecule has 1 aliphatic carbocycles. The van der Waals surface area contributed by atoms with Crippen molar-refractivity contribution >= 4 is 11.6 Å². The molecule has 176 valence electrons. The normalized spacial score (nSPS) is 23.8. The van der Waals surface area contributed by atoms with Gasteiger partial charge in [0.05, 0.1) is 5.56 Å². The molecule has 1 heterocycles. The molecule has 0 saturated heterocycles. The summed E-state index contributed by atoms with van der Waals surface area (Å²) in [4.78, 5) is 20.3. The fourth-order valence-electron chi connectivity index (χ4n) is 5.09. The maximum atomic E-state index is 13.6. The molecule has 1 saturated carbocycles. The molecule has 0 unspecified atom stereocenters. The first-order chi connectivity index (χ1) is 15.4. The summed E-state index contributed by atoms with van der Waals surface area (Å²) in [7, 11) is 0. The van der Waals surface area contributed by atoms with E-state index in [4.69, 9.17) is 4.99 Å². The lowest BCUT2D eigenvalue weighted by atomic mass is 9.69. The number of hydrogen-bond donors (Lipinski definition) is 0. The molecule has 1 amide bonds. The van der Waals surface area contributed by atoms with Gasteiger partial charge >= 0.3 is 6.18 Å². The van der Waals surface area contributed by atoms with Crippen LogP contribution in [0.25, 0.3) is 0 Å². The van der Waals surface area contributed by atoms with Crippen LogP contribution in [0, 0.1) is 18.3 Å². The summed E-state index contributed by atoms with van der Waals surface area (Å²) in [5.74, 6) is 0.233. The summed E-state index contributed by atoms with van der Waals surface area (Å²) in [6, 6.07) is 13.0. The highest BCUT2D eigenvalue weighted by Gasteiger charge is 2.50. The van der Waals surface area contributed by atoms with Crippen LogP contribution in [0.1, 0.15) is 68.7 Å². The van der Waals surface area contributed by atoms with Crippen LogP contribution in [0.15, 0.2) is 53.5 Å². The number of halogens is 3. The monoisotopic (exact) mass is 456 g/mol. The van der Waals surface area contributed by atoms with Crippen LogP contribution >= 0.6 is 0 Å². The molecule has 33 heavy (non-hydrogen) atoms. The highest BCUT2D eigenvalue weighted by molar-refractivity contribution is 6.46. The Morgan fingerprint density at radius 1 is 1.03 bits per heavy atom. The number of hydrogen-bond acceptors (Lipinski definition) is 2. The maximum Gasteiger partial charge on any atom is 0.416 e. The molecule has 2 aliphatic rings. The number of alkyl halides is 3. The van der Waals surface area contributed by atoms with E-state index in [0.29, 0.717) is 12.5 Å². The van der Waals surface area contributed by atoms with Crippen molar-refractivity contribution < 1.29 is 18.0 Å². The van der Waals surface area contributed by atoms with E-state index >= 15 is 0 Å². The van der Waals surface area contributed by atoms with Gasteiger partial charge in [-0.1, -0.05) is 62.7 Å². The molecule has 2 aromatic rings. The summed E-state index contributed by atoms with van der Waals surface area (Å²) in [5, 5.41) is 0. The average Bonchev–Trinajstić information content (AvgIpc) is 3.00. The fraction of sp³-hybridized carbons (Fsp3) is 0.481. The molecule has 4 rings (SSSR count). The van der Waals surface area contributed by atoms with Gasteiger partial charge in [0.15, 0.2) is 0 Å². The van der Waals surface area contributed by atoms with Gasteiger partial charge in [0.25, 0.3) is 5.91 Å². The zero-order chi connectivity index (χ0) is 24.0. The molecule has 0 N–H and O–H groups in total. The Hall–Kier alpha value is -2.63. The minimum absolute atomic E-state index is 0.141. The van der Waals surface area contributed by atoms with Crippen LogP contribution in [0.4, 0.5) is 13.2 Å². The predicted molar refractivity (Wildman–Crippen MR) is 124 cm³/mol. The lowest BCUT2D eigenvalue weighted by Crippen LogP contribution is -2.49. The van der Waals surface area contributed by atoms with Gasteiger partial charge in [-0.3, -0.25) is 9.79 Å². The topological polar surface area (TPSA) is 32.7 Å². The van der Waals surface area contributed by atoms with E-state index in [9.17, 15) is 18.0 Å². The van der Waals surface area contributed by atoms with E-state index in [1.165, 1.54) is 6.07 Å². The molecule has 2 aromatic carbocycles. The molecule has 0 atom stereocenters. The molecule has 0 radical (unpaired) electrons. The minimum atomic E-state index is -4.47. The second-order valence-electron chi connectivity index (χ2n) is 10.5. The number of rotatable bonds is 3. The zero-order valence-corrected chi connectivity index (χ0v) is 19.7. The van der Waals surface area contributed by atoms with Gasteiger partial charge in [-0.15, -0.1) is 0 Å². The van der Waals surface area contributed by atoms with Crippen LogP contribution in [0.2, 0.25) is 0 Å². The first-order valence-electron chi connectivity index (χ1n) is 11.5. The van der Waals surface area contributed by atoms with E-state index < -0.39 is 17.4 Å². The van der Waals surface area contributed by atoms with Gasteiger partial charge < -0.3 is 4.90 Å². The first kappa shape index (κ1) is 23.5. The van der Waals surface area contributed by atoms with E-state index in [2.05, 4.69) is 20.8 Å². The molecule has 3 nitrogen and oxygen atoms in total. The van der Waals surface area contributed by atoms with Crippen LogP contribution < -0.4 is 0 Å². The number of aryl methyl sites for hydroxylation is 1. The van der Waals surface area contributed by atoms with Crippen molar-refractivity contribution in [3.05, 3.63) is 70.8 Å². The minimum Gasteiger partial charge on any atom is -0.308 e. The standard InChI is InChI=1S/C27H31F3N2O/c1-18-8-10-19(11-9-18)17-32-24(33)23(20-6-5-7-22(16-20)27(28,29)30)31-26(32)14-12-21(13-15-26)25(2,3)4/h5-11,16,21H,12-15,17H2,1-4H3. The second-order valence-corrected chi connectivity index (χ2v) is 10.5. The van der Waals surface area contributed by atoms with Crippen LogP contribution in [-0.4, -0.2) is 22.2 Å². The highest BCUT2D eigenvalue weighted by atomic mass is 19.4. The number of carbonyl (C=O) groups excluding carboxylic acids is 1. The van der Waals surface area contributed by atoms with Crippen molar-refractivity contribution in [3.63, 3.8) is 0 Å². The van der Waals surface area contributed by atoms with Crippen molar-refractivity contribution in [2.75, 3.05) is 0 Å². The molecule has 6 heteroatoms. The van der Waals surface area contributed by atoms with Gasteiger partial charge in [0.2, 0.25) is 0 Å². The first-order valence-corrected chi connectivity index (χ1v) is 11.5. The largest absolute Gasteiger partial charge is 0.416 e. The smallest absolute Gasteiger partial charge is 0.308 e. The van der Waals surface area contributed by atoms with Gasteiger partial charge in [-0.2, -0.15) is 13.2 Å². The number of carbonyl (C=O) groups is 1. The third-order valence-electron chi connectivity index (χ3n) is 7.21. The van der Waals surface area contributed by atoms with Crippen LogP contribution in [-0.2, 0) is 17.5 Å². The summed E-state index contributed by atoms with van der Waals surface area (Å²) >= 11 is 0. The Labute approximate surface area is 193 Å². The van der Waals surface area contributed by atoms with Crippen molar-refractivity contribution in [2.24, 2.45) is 16.3 Å². The molecule has 0 bridgehead atoms. The van der Waals surface area contributed by atoms with Crippen molar-refractivity contribution in [1.82, 2.24) is 4.90 Å². The molecule has 1 fully saturated rings. The number of aliphatic imine (C=N–C) groups is 1. The Bertz CT molecular complexity index is 1060. The second kappa shape index (κ2) is 8.30. The molecule has 1 spiro atoms. The summed E-state index contributed by atoms with van der Waals surface area (Å²) in [5.41, 5.74) is 1.20. The number of nitrogens with zero attached hydrogens (tertiary/aromatic N) is 2. The van der Waals surface area contributed by atoms with Gasteiger partial charge in [0, 0.05) is 12.1 Å². The summed E-state index contributed by atoms with van der Waals surface area (Å²) in [6.07, 6.45) is -1.17. The van der Waals surface area contributed by atoms with Crippen LogP contribution in [0.3, 0.4) is 0 Å². The van der Waals surface area contributed by atoms with E-state index in [0.717, 1.165) is 48.9 Å². The van der Waals surface area contributed by atoms with E-state index in [-0.39, 0.29) is 22.6 Å². The number of amides is 1. The van der Waals surface area contributed by atoms with Gasteiger partial charge in [-0.25, -0.2) is 0 Å². The van der Waals surface area contributed by atoms with Gasteiger partial charge in [0.1, 0.15) is 11.4 Å². The SMILES string of the molecule is Cc1ccc(CN2C(=O)C(c3cccc(C(F)(F)F)c3)=NC23CCC(C(C)(C)C)CC3)cc1.